The number of nitrogens with zero attached hydrogens (tertiary/aromatic N) is 3. The molecule has 19 heavy (non-hydrogen) atoms. The first kappa shape index (κ1) is 13.7. The Balaban J connectivity index is 2.32. The van der Waals surface area contributed by atoms with Crippen LogP contribution in [0, 0.1) is 0 Å². The van der Waals surface area contributed by atoms with Gasteiger partial charge in [-0.15, -0.1) is 5.10 Å². The molecule has 1 N–H and O–H groups in total. The van der Waals surface area contributed by atoms with Gasteiger partial charge in [-0.2, -0.15) is 0 Å². The van der Waals surface area contributed by atoms with Crippen molar-refractivity contribution in [2.45, 2.75) is 26.3 Å². The van der Waals surface area contributed by atoms with E-state index in [0.717, 1.165) is 16.5 Å². The zero-order chi connectivity index (χ0) is 13.8. The Morgan fingerprint density at radius 1 is 1.47 bits per heavy atom. The summed E-state index contributed by atoms with van der Waals surface area (Å²) in [4.78, 5) is 11.1. The predicted molar refractivity (Wildman–Crippen MR) is 74.2 cm³/mol. The molecule has 0 saturated heterocycles. The monoisotopic (exact) mass is 323 g/mol. The lowest BCUT2D eigenvalue weighted by Gasteiger charge is -2.06. The minimum atomic E-state index is -1.02. The third kappa shape index (κ3) is 3.20. The number of hydrogen-bond acceptors (Lipinski definition) is 3. The zero-order valence-electron chi connectivity index (χ0n) is 10.5. The van der Waals surface area contributed by atoms with E-state index >= 15 is 0 Å². The topological polar surface area (TPSA) is 68.0 Å². The molecule has 0 atom stereocenters. The van der Waals surface area contributed by atoms with Crippen molar-refractivity contribution in [3.8, 4) is 0 Å². The van der Waals surface area contributed by atoms with E-state index in [2.05, 4.69) is 26.2 Å². The van der Waals surface area contributed by atoms with Gasteiger partial charge in [0, 0.05) is 4.47 Å². The van der Waals surface area contributed by atoms with Gasteiger partial charge in [0.05, 0.1) is 12.2 Å². The summed E-state index contributed by atoms with van der Waals surface area (Å²) in [7, 11) is 0. The van der Waals surface area contributed by atoms with Crippen molar-refractivity contribution in [3.05, 3.63) is 45.7 Å². The summed E-state index contributed by atoms with van der Waals surface area (Å²) in [6.45, 7) is 2.52. The van der Waals surface area contributed by atoms with Crippen LogP contribution in [0.4, 0.5) is 0 Å². The molecule has 0 aliphatic heterocycles. The van der Waals surface area contributed by atoms with E-state index in [4.69, 9.17) is 5.11 Å². The number of carboxylic acids is 1. The fourth-order valence-electron chi connectivity index (χ4n) is 1.92. The lowest BCUT2D eigenvalue weighted by Crippen LogP contribution is -2.09. The lowest BCUT2D eigenvalue weighted by atomic mass is 10.2. The van der Waals surface area contributed by atoms with Crippen LogP contribution in [0.3, 0.4) is 0 Å². The fourth-order valence-corrected chi connectivity index (χ4v) is 2.37. The standard InChI is InChI=1S/C13H14BrN3O2/c1-2-4-11-12(13(18)19)15-16-17(11)8-9-5-3-6-10(14)7-9/h3,5-7H,2,4,8H2,1H3,(H,18,19). The summed E-state index contributed by atoms with van der Waals surface area (Å²) in [6.07, 6.45) is 1.51. The fraction of sp³-hybridized carbons (Fsp3) is 0.308. The van der Waals surface area contributed by atoms with E-state index < -0.39 is 5.97 Å². The third-order valence-corrected chi connectivity index (χ3v) is 3.24. The number of carbonyl (C=O) groups is 1. The highest BCUT2D eigenvalue weighted by Crippen LogP contribution is 2.15. The molecule has 0 aliphatic rings. The Labute approximate surface area is 119 Å². The predicted octanol–water partition coefficient (Wildman–Crippen LogP) is 2.74. The number of aromatic carboxylic acids is 1. The number of carboxylic acid groups (broad SMARTS) is 1. The molecule has 5 nitrogen and oxygen atoms in total. The first-order valence-corrected chi connectivity index (χ1v) is 6.81. The van der Waals surface area contributed by atoms with Crippen LogP contribution < -0.4 is 0 Å². The minimum Gasteiger partial charge on any atom is -0.476 e. The van der Waals surface area contributed by atoms with Gasteiger partial charge in [-0.05, 0) is 24.1 Å². The molecule has 0 fully saturated rings. The van der Waals surface area contributed by atoms with Crippen LogP contribution in [0.15, 0.2) is 28.7 Å². The molecule has 1 heterocycles. The van der Waals surface area contributed by atoms with Gasteiger partial charge in [0.2, 0.25) is 0 Å². The zero-order valence-corrected chi connectivity index (χ0v) is 12.1. The summed E-state index contributed by atoms with van der Waals surface area (Å²) < 4.78 is 2.65. The van der Waals surface area contributed by atoms with Gasteiger partial charge < -0.3 is 5.11 Å². The molecule has 0 spiro atoms. The van der Waals surface area contributed by atoms with Gasteiger partial charge in [0.1, 0.15) is 0 Å². The van der Waals surface area contributed by atoms with Gasteiger partial charge in [-0.1, -0.05) is 46.6 Å². The highest BCUT2D eigenvalue weighted by molar-refractivity contribution is 9.10. The van der Waals surface area contributed by atoms with E-state index in [-0.39, 0.29) is 5.69 Å². The van der Waals surface area contributed by atoms with Crippen molar-refractivity contribution in [3.63, 3.8) is 0 Å². The Bertz CT molecular complexity index is 595. The van der Waals surface area contributed by atoms with Gasteiger partial charge in [-0.3, -0.25) is 0 Å². The molecule has 2 aromatic rings. The highest BCUT2D eigenvalue weighted by atomic mass is 79.9. The molecule has 6 heteroatoms. The van der Waals surface area contributed by atoms with E-state index in [9.17, 15) is 4.79 Å². The third-order valence-electron chi connectivity index (χ3n) is 2.75. The second-order valence-electron chi connectivity index (χ2n) is 4.23. The first-order valence-electron chi connectivity index (χ1n) is 6.02. The SMILES string of the molecule is CCCc1c(C(=O)O)nnn1Cc1cccc(Br)c1. The van der Waals surface area contributed by atoms with Crippen molar-refractivity contribution in [1.29, 1.82) is 0 Å². The van der Waals surface area contributed by atoms with Crippen molar-refractivity contribution in [1.82, 2.24) is 15.0 Å². The van der Waals surface area contributed by atoms with E-state index in [0.29, 0.717) is 18.7 Å². The average Bonchev–Trinajstić information content (AvgIpc) is 2.73. The smallest absolute Gasteiger partial charge is 0.358 e. The van der Waals surface area contributed by atoms with Crippen LogP contribution in [-0.4, -0.2) is 26.1 Å². The summed E-state index contributed by atoms with van der Waals surface area (Å²) in [5.74, 6) is -1.02. The molecule has 0 aliphatic carbocycles. The summed E-state index contributed by atoms with van der Waals surface area (Å²) >= 11 is 3.41. The molecular formula is C13H14BrN3O2. The van der Waals surface area contributed by atoms with Crippen LogP contribution in [0.1, 0.15) is 35.1 Å². The van der Waals surface area contributed by atoms with Gasteiger partial charge in [0.15, 0.2) is 5.69 Å². The highest BCUT2D eigenvalue weighted by Gasteiger charge is 2.18. The summed E-state index contributed by atoms with van der Waals surface area (Å²) in [6, 6.07) is 7.84. The number of rotatable bonds is 5. The van der Waals surface area contributed by atoms with Crippen molar-refractivity contribution >= 4 is 21.9 Å². The molecule has 0 saturated carbocycles. The van der Waals surface area contributed by atoms with E-state index in [1.165, 1.54) is 0 Å². The second-order valence-corrected chi connectivity index (χ2v) is 5.14. The Kier molecular flexibility index (Phi) is 4.31. The molecule has 0 amide bonds. The second kappa shape index (κ2) is 5.97. The van der Waals surface area contributed by atoms with E-state index in [1.54, 1.807) is 4.68 Å². The molecule has 2 rings (SSSR count). The minimum absolute atomic E-state index is 0.0526. The van der Waals surface area contributed by atoms with Crippen LogP contribution in [0.25, 0.3) is 0 Å². The number of benzene rings is 1. The number of aromatic nitrogens is 3. The molecule has 0 radical (unpaired) electrons. The molecule has 0 unspecified atom stereocenters. The Morgan fingerprint density at radius 2 is 2.26 bits per heavy atom. The van der Waals surface area contributed by atoms with Crippen molar-refractivity contribution in [2.75, 3.05) is 0 Å². The maximum Gasteiger partial charge on any atom is 0.358 e. The Hall–Kier alpha value is -1.69. The maximum absolute atomic E-state index is 11.1. The lowest BCUT2D eigenvalue weighted by molar-refractivity contribution is 0.0689. The first-order chi connectivity index (χ1) is 9.11. The van der Waals surface area contributed by atoms with Crippen LogP contribution in [0.5, 0.6) is 0 Å². The van der Waals surface area contributed by atoms with Gasteiger partial charge >= 0.3 is 5.97 Å². The largest absolute Gasteiger partial charge is 0.476 e. The van der Waals surface area contributed by atoms with Crippen molar-refractivity contribution < 1.29 is 9.90 Å². The summed E-state index contributed by atoms with van der Waals surface area (Å²) in [5.41, 5.74) is 1.78. The average molecular weight is 324 g/mol. The molecule has 100 valence electrons. The number of halogens is 1. The van der Waals surface area contributed by atoms with Gasteiger partial charge in [0.25, 0.3) is 0 Å². The Morgan fingerprint density at radius 3 is 2.89 bits per heavy atom. The normalized spacial score (nSPS) is 10.6. The quantitative estimate of drug-likeness (QED) is 0.918. The molecular weight excluding hydrogens is 310 g/mol. The van der Waals surface area contributed by atoms with E-state index in [1.807, 2.05) is 31.2 Å². The van der Waals surface area contributed by atoms with Crippen LogP contribution in [-0.2, 0) is 13.0 Å². The maximum atomic E-state index is 11.1. The molecule has 1 aromatic heterocycles. The van der Waals surface area contributed by atoms with Crippen LogP contribution >= 0.6 is 15.9 Å². The van der Waals surface area contributed by atoms with Crippen molar-refractivity contribution in [2.24, 2.45) is 0 Å². The van der Waals surface area contributed by atoms with Crippen LogP contribution in [0.2, 0.25) is 0 Å². The molecule has 0 bridgehead atoms. The number of hydrogen-bond donors (Lipinski definition) is 1. The summed E-state index contributed by atoms with van der Waals surface area (Å²) in [5, 5.41) is 16.8. The van der Waals surface area contributed by atoms with Gasteiger partial charge in [-0.25, -0.2) is 9.48 Å². The molecule has 1 aromatic carbocycles.